The molecule has 0 radical (unpaired) electrons. The van der Waals surface area contributed by atoms with Gasteiger partial charge in [0.05, 0.1) is 5.02 Å². The van der Waals surface area contributed by atoms with Gasteiger partial charge in [-0.2, -0.15) is 0 Å². The van der Waals surface area contributed by atoms with Gasteiger partial charge in [-0.3, -0.25) is 9.78 Å². The molecule has 2 heterocycles. The molecule has 0 aliphatic carbocycles. The molecule has 1 aromatic carbocycles. The third-order valence-electron chi connectivity index (χ3n) is 4.25. The second-order valence-corrected chi connectivity index (χ2v) is 6.80. The highest BCUT2D eigenvalue weighted by atomic mass is 35.5. The highest BCUT2D eigenvalue weighted by Gasteiger charge is 2.35. The zero-order chi connectivity index (χ0) is 24.8. The highest BCUT2D eigenvalue weighted by molar-refractivity contribution is 6.31. The predicted molar refractivity (Wildman–Crippen MR) is 102 cm³/mol. The predicted octanol–water partition coefficient (Wildman–Crippen LogP) is 5.15. The van der Waals surface area contributed by atoms with Crippen LogP contribution in [0.25, 0.3) is 0 Å². The van der Waals surface area contributed by atoms with Crippen molar-refractivity contribution in [1.29, 1.82) is 0 Å². The molecule has 1 unspecified atom stereocenters. The van der Waals surface area contributed by atoms with E-state index in [0.29, 0.717) is 4.90 Å². The zero-order valence-electron chi connectivity index (χ0n) is 20.7. The average Bonchev–Trinajstić information content (AvgIpc) is 2.71. The van der Waals surface area contributed by atoms with E-state index in [-0.39, 0.29) is 16.3 Å². The molecular formula is C21H23ClF2N2O. The number of piperidine rings is 1. The second kappa shape index (κ2) is 8.34. The van der Waals surface area contributed by atoms with E-state index in [1.54, 1.807) is 13.0 Å². The maximum Gasteiger partial charge on any atom is 0.253 e. The number of hydrogen-bond donors (Lipinski definition) is 0. The molecular weight excluding hydrogens is 370 g/mol. The van der Waals surface area contributed by atoms with Crippen molar-refractivity contribution in [2.75, 3.05) is 13.0 Å². The second-order valence-electron chi connectivity index (χ2n) is 6.39. The fraction of sp³-hybridized carbons (Fsp3) is 0.429. The summed E-state index contributed by atoms with van der Waals surface area (Å²) in [5.74, 6) is -1.72. The van der Waals surface area contributed by atoms with Crippen LogP contribution in [0.2, 0.25) is 5.02 Å². The first-order valence-corrected chi connectivity index (χ1v) is 8.85. The molecule has 1 amide bonds. The Morgan fingerprint density at radius 2 is 2.26 bits per heavy atom. The van der Waals surface area contributed by atoms with Gasteiger partial charge in [-0.25, -0.2) is 8.78 Å². The van der Waals surface area contributed by atoms with Crippen LogP contribution in [0.1, 0.15) is 55.5 Å². The van der Waals surface area contributed by atoms with Gasteiger partial charge in [0.15, 0.2) is 0 Å². The van der Waals surface area contributed by atoms with Gasteiger partial charge in [-0.15, -0.1) is 0 Å². The quantitative estimate of drug-likeness (QED) is 0.697. The molecule has 1 aliphatic heterocycles. The Kier molecular flexibility index (Phi) is 4.08. The monoisotopic (exact) mass is 398 g/mol. The lowest BCUT2D eigenvalue weighted by molar-refractivity contribution is 0.0389. The molecule has 1 saturated heterocycles. The van der Waals surface area contributed by atoms with Crippen LogP contribution in [0.4, 0.5) is 8.78 Å². The summed E-state index contributed by atoms with van der Waals surface area (Å²) in [6.07, 6.45) is -5.31. The molecule has 1 aromatic heterocycles. The summed E-state index contributed by atoms with van der Waals surface area (Å²) in [5.41, 5.74) is -2.01. The summed E-state index contributed by atoms with van der Waals surface area (Å²) in [6.45, 7) is -1.70. The van der Waals surface area contributed by atoms with Crippen molar-refractivity contribution in [2.24, 2.45) is 0 Å². The summed E-state index contributed by atoms with van der Waals surface area (Å²) in [6, 6.07) is 6.17. The van der Waals surface area contributed by atoms with Crippen molar-refractivity contribution in [3.8, 4) is 0 Å². The largest absolute Gasteiger partial charge is 0.338 e. The molecule has 0 saturated carbocycles. The third kappa shape index (κ3) is 5.04. The summed E-state index contributed by atoms with van der Waals surface area (Å²) in [7, 11) is 0. The lowest BCUT2D eigenvalue weighted by Crippen LogP contribution is -2.44. The summed E-state index contributed by atoms with van der Waals surface area (Å²) in [5, 5.41) is -0.354. The minimum atomic E-state index is -2.74. The minimum Gasteiger partial charge on any atom is -0.338 e. The first-order chi connectivity index (χ1) is 15.1. The number of amides is 1. The summed E-state index contributed by atoms with van der Waals surface area (Å²) in [4.78, 5) is 17.5. The average molecular weight is 399 g/mol. The minimum absolute atomic E-state index is 0.0704. The van der Waals surface area contributed by atoms with Crippen molar-refractivity contribution in [2.45, 2.75) is 44.6 Å². The molecule has 1 atom stereocenters. The lowest BCUT2D eigenvalue weighted by Gasteiger charge is -2.36. The van der Waals surface area contributed by atoms with E-state index >= 15 is 4.39 Å². The zero-order valence-corrected chi connectivity index (χ0v) is 15.5. The van der Waals surface area contributed by atoms with E-state index in [1.165, 1.54) is 12.3 Å². The van der Waals surface area contributed by atoms with E-state index in [0.717, 1.165) is 23.8 Å². The molecule has 1 aliphatic rings. The van der Waals surface area contributed by atoms with Crippen LogP contribution in [0.5, 0.6) is 0 Å². The first kappa shape index (κ1) is 13.2. The van der Waals surface area contributed by atoms with Gasteiger partial charge >= 0.3 is 0 Å². The van der Waals surface area contributed by atoms with Crippen LogP contribution in [0.3, 0.4) is 0 Å². The number of pyridine rings is 1. The van der Waals surface area contributed by atoms with Gasteiger partial charge < -0.3 is 4.90 Å². The van der Waals surface area contributed by atoms with Crippen molar-refractivity contribution in [3.05, 3.63) is 64.2 Å². The molecule has 27 heavy (non-hydrogen) atoms. The SMILES string of the molecule is [2H]C([2H])(CCC1(F)CC([2H])([2H])N(C(=O)c2ccc(F)c(Cl)c2)CC1([2H])[2H])c1ccc(C)cn1. The summed E-state index contributed by atoms with van der Waals surface area (Å²) >= 11 is 5.70. The Morgan fingerprint density at radius 3 is 2.96 bits per heavy atom. The lowest BCUT2D eigenvalue weighted by atomic mass is 9.87. The number of benzene rings is 1. The van der Waals surface area contributed by atoms with Gasteiger partial charge in [0.2, 0.25) is 0 Å². The Balaban J connectivity index is 1.82. The van der Waals surface area contributed by atoms with Crippen molar-refractivity contribution >= 4 is 17.5 Å². The van der Waals surface area contributed by atoms with E-state index in [1.807, 2.05) is 0 Å². The number of rotatable bonds is 5. The molecule has 3 nitrogen and oxygen atoms in total. The van der Waals surface area contributed by atoms with Gasteiger partial charge in [0.1, 0.15) is 11.5 Å². The van der Waals surface area contributed by atoms with Gasteiger partial charge in [0, 0.05) is 38.7 Å². The third-order valence-corrected chi connectivity index (χ3v) is 4.54. The van der Waals surface area contributed by atoms with Crippen LogP contribution in [0, 0.1) is 12.7 Å². The number of aryl methyl sites for hydroxylation is 2. The maximum atomic E-state index is 15.9. The van der Waals surface area contributed by atoms with Gasteiger partial charge in [-0.05, 0) is 68.8 Å². The number of likely N-dealkylation sites (tertiary alicyclic amines) is 1. The number of hydrogen-bond acceptors (Lipinski definition) is 2. The highest BCUT2D eigenvalue weighted by Crippen LogP contribution is 2.32. The van der Waals surface area contributed by atoms with Crippen molar-refractivity contribution in [3.63, 3.8) is 0 Å². The number of nitrogens with zero attached hydrogens (tertiary/aromatic N) is 2. The van der Waals surface area contributed by atoms with Crippen LogP contribution >= 0.6 is 11.6 Å². The fourth-order valence-electron chi connectivity index (χ4n) is 2.63. The van der Waals surface area contributed by atoms with Crippen LogP contribution in [0.15, 0.2) is 36.5 Å². The molecule has 0 bridgehead atoms. The molecule has 144 valence electrons. The van der Waals surface area contributed by atoms with Crippen LogP contribution < -0.4 is 0 Å². The number of halogens is 3. The molecule has 2 aromatic rings. The topological polar surface area (TPSA) is 33.2 Å². The number of alkyl halides is 1. The number of carbonyl (C=O) groups excluding carboxylic acids is 1. The maximum absolute atomic E-state index is 15.9. The van der Waals surface area contributed by atoms with Gasteiger partial charge in [-0.1, -0.05) is 17.7 Å². The molecule has 0 spiro atoms. The van der Waals surface area contributed by atoms with E-state index in [2.05, 4.69) is 4.98 Å². The van der Waals surface area contributed by atoms with E-state index < -0.39 is 62.4 Å². The smallest absolute Gasteiger partial charge is 0.253 e. The molecule has 6 heteroatoms. The normalized spacial score (nSPS) is 27.5. The Labute approximate surface area is 171 Å². The van der Waals surface area contributed by atoms with Crippen molar-refractivity contribution in [1.82, 2.24) is 9.88 Å². The van der Waals surface area contributed by atoms with E-state index in [9.17, 15) is 9.18 Å². The molecule has 0 N–H and O–H groups in total. The molecule has 1 fully saturated rings. The number of aromatic nitrogens is 1. The van der Waals surface area contributed by atoms with Gasteiger partial charge in [0.25, 0.3) is 5.91 Å². The van der Waals surface area contributed by atoms with Crippen LogP contribution in [-0.2, 0) is 6.37 Å². The first-order valence-electron chi connectivity index (χ1n) is 11.5. The van der Waals surface area contributed by atoms with E-state index in [4.69, 9.17) is 19.8 Å². The Morgan fingerprint density at radius 1 is 1.44 bits per heavy atom. The Hall–Kier alpha value is -2.01. The fourth-order valence-corrected chi connectivity index (χ4v) is 2.81. The summed E-state index contributed by atoms with van der Waals surface area (Å²) < 4.78 is 78.9. The standard InChI is InChI=1S/C21H23ClF2N2O/c1-15-4-6-17(25-14-15)3-2-8-21(24)9-11-26(12-10-21)20(27)16-5-7-19(23)18(22)13-16/h4-7,13-14H,2-3,8-12H2,1H3/i3D2,9D2,12D2. The Bertz CT molecular complexity index is 1050. The molecule has 3 rings (SSSR count). The number of carbonyl (C=O) groups is 1. The van der Waals surface area contributed by atoms with Crippen LogP contribution in [-0.4, -0.2) is 34.5 Å². The van der Waals surface area contributed by atoms with Crippen molar-refractivity contribution < 1.29 is 21.8 Å².